The number of ether oxygens (including phenoxy) is 2. The van der Waals surface area contributed by atoms with Crippen LogP contribution in [0.3, 0.4) is 0 Å². The number of methoxy groups -OCH3 is 2. The van der Waals surface area contributed by atoms with Crippen molar-refractivity contribution in [1.29, 1.82) is 0 Å². The van der Waals surface area contributed by atoms with Crippen LogP contribution < -0.4 is 15.0 Å². The summed E-state index contributed by atoms with van der Waals surface area (Å²) in [5.41, 5.74) is 2.16. The van der Waals surface area contributed by atoms with Gasteiger partial charge in [-0.2, -0.15) is 5.10 Å². The van der Waals surface area contributed by atoms with Crippen LogP contribution in [0.5, 0.6) is 11.5 Å². The van der Waals surface area contributed by atoms with Gasteiger partial charge in [0, 0.05) is 44.4 Å². The van der Waals surface area contributed by atoms with Gasteiger partial charge in [0.2, 0.25) is 5.91 Å². The molecule has 0 aliphatic carbocycles. The first-order valence-electron chi connectivity index (χ1n) is 10.9. The van der Waals surface area contributed by atoms with Gasteiger partial charge in [-0.25, -0.2) is 4.68 Å². The van der Waals surface area contributed by atoms with E-state index in [1.54, 1.807) is 43.4 Å². The Kier molecular flexibility index (Phi) is 7.04. The van der Waals surface area contributed by atoms with Crippen LogP contribution in [0.2, 0.25) is 0 Å². The lowest BCUT2D eigenvalue weighted by molar-refractivity contribution is -0.133. The first kappa shape index (κ1) is 22.5. The van der Waals surface area contributed by atoms with Crippen LogP contribution in [-0.2, 0) is 17.9 Å². The minimum Gasteiger partial charge on any atom is -0.497 e. The molecule has 2 heterocycles. The summed E-state index contributed by atoms with van der Waals surface area (Å²) in [6, 6.07) is 18.7. The molecule has 8 nitrogen and oxygen atoms in total. The molecular weight excluding hydrogens is 420 g/mol. The molecule has 0 radical (unpaired) electrons. The number of benzene rings is 2. The number of rotatable bonds is 7. The van der Waals surface area contributed by atoms with Crippen molar-refractivity contribution in [3.63, 3.8) is 0 Å². The number of aromatic nitrogens is 2. The van der Waals surface area contributed by atoms with E-state index in [-0.39, 0.29) is 18.0 Å². The summed E-state index contributed by atoms with van der Waals surface area (Å²) in [7, 11) is 3.15. The second kappa shape index (κ2) is 10.3. The third kappa shape index (κ3) is 5.40. The average Bonchev–Trinajstić information content (AvgIpc) is 2.86. The zero-order chi connectivity index (χ0) is 23.2. The van der Waals surface area contributed by atoms with Gasteiger partial charge in [0.05, 0.1) is 19.9 Å². The Morgan fingerprint density at radius 3 is 2.39 bits per heavy atom. The molecule has 0 bridgehead atoms. The van der Waals surface area contributed by atoms with Crippen LogP contribution in [0.1, 0.15) is 5.56 Å². The van der Waals surface area contributed by atoms with Gasteiger partial charge < -0.3 is 14.4 Å². The minimum absolute atomic E-state index is 0.0996. The molecular formula is C25H28N4O4. The Hall–Kier alpha value is -3.65. The second-order valence-corrected chi connectivity index (χ2v) is 7.92. The molecule has 0 N–H and O–H groups in total. The lowest BCUT2D eigenvalue weighted by atomic mass is 10.1. The highest BCUT2D eigenvalue weighted by molar-refractivity contribution is 5.76. The second-order valence-electron chi connectivity index (χ2n) is 7.92. The lowest BCUT2D eigenvalue weighted by Crippen LogP contribution is -2.49. The SMILES string of the molecule is COc1ccc(OC)c(-c2ccc(=O)n(CC(=O)N3CCN(Cc4ccccc4)CC3)n2)c1. The van der Waals surface area contributed by atoms with Crippen LogP contribution in [0.4, 0.5) is 0 Å². The first-order valence-corrected chi connectivity index (χ1v) is 10.9. The molecule has 172 valence electrons. The van der Waals surface area contributed by atoms with E-state index in [4.69, 9.17) is 9.47 Å². The molecule has 4 rings (SSSR count). The maximum Gasteiger partial charge on any atom is 0.267 e. The monoisotopic (exact) mass is 448 g/mol. The Labute approximate surface area is 193 Å². The highest BCUT2D eigenvalue weighted by atomic mass is 16.5. The molecule has 0 unspecified atom stereocenters. The number of carbonyl (C=O) groups is 1. The summed E-state index contributed by atoms with van der Waals surface area (Å²) >= 11 is 0. The van der Waals surface area contributed by atoms with E-state index in [2.05, 4.69) is 22.1 Å². The summed E-state index contributed by atoms with van der Waals surface area (Å²) in [5.74, 6) is 1.14. The summed E-state index contributed by atoms with van der Waals surface area (Å²) in [6.45, 7) is 3.62. The van der Waals surface area contributed by atoms with Crippen molar-refractivity contribution < 1.29 is 14.3 Å². The molecule has 0 spiro atoms. The van der Waals surface area contributed by atoms with Gasteiger partial charge in [0.15, 0.2) is 0 Å². The summed E-state index contributed by atoms with van der Waals surface area (Å²) in [4.78, 5) is 29.5. The van der Waals surface area contributed by atoms with Crippen molar-refractivity contribution in [1.82, 2.24) is 19.6 Å². The van der Waals surface area contributed by atoms with Crippen molar-refractivity contribution in [3.8, 4) is 22.8 Å². The Balaban J connectivity index is 1.43. The van der Waals surface area contributed by atoms with Gasteiger partial charge in [0.1, 0.15) is 18.0 Å². The van der Waals surface area contributed by atoms with Crippen molar-refractivity contribution in [2.45, 2.75) is 13.1 Å². The number of hydrogen-bond donors (Lipinski definition) is 0. The zero-order valence-corrected chi connectivity index (χ0v) is 18.9. The number of piperazine rings is 1. The maximum absolute atomic E-state index is 12.9. The van der Waals surface area contributed by atoms with E-state index in [0.29, 0.717) is 35.8 Å². The van der Waals surface area contributed by atoms with E-state index < -0.39 is 0 Å². The zero-order valence-electron chi connectivity index (χ0n) is 18.9. The predicted molar refractivity (Wildman–Crippen MR) is 125 cm³/mol. The van der Waals surface area contributed by atoms with Crippen LogP contribution in [-0.4, -0.2) is 65.9 Å². The van der Waals surface area contributed by atoms with Crippen molar-refractivity contribution >= 4 is 5.91 Å². The minimum atomic E-state index is -0.323. The largest absolute Gasteiger partial charge is 0.497 e. The fraction of sp³-hybridized carbons (Fsp3) is 0.320. The Morgan fingerprint density at radius 2 is 1.70 bits per heavy atom. The molecule has 1 saturated heterocycles. The van der Waals surface area contributed by atoms with Crippen LogP contribution in [0, 0.1) is 0 Å². The first-order chi connectivity index (χ1) is 16.1. The molecule has 0 atom stereocenters. The van der Waals surface area contributed by atoms with Crippen LogP contribution >= 0.6 is 0 Å². The molecule has 8 heteroatoms. The molecule has 1 aliphatic rings. The number of carbonyl (C=O) groups excluding carboxylic acids is 1. The van der Waals surface area contributed by atoms with Crippen molar-refractivity contribution in [2.24, 2.45) is 0 Å². The standard InChI is InChI=1S/C25H28N4O4/c1-32-20-8-10-23(33-2)21(16-20)22-9-11-24(30)29(26-22)18-25(31)28-14-12-27(13-15-28)17-19-6-4-3-5-7-19/h3-11,16H,12-15,17-18H2,1-2H3. The van der Waals surface area contributed by atoms with E-state index in [1.807, 2.05) is 18.2 Å². The van der Waals surface area contributed by atoms with Gasteiger partial charge in [-0.05, 0) is 29.8 Å². The van der Waals surface area contributed by atoms with Gasteiger partial charge in [-0.1, -0.05) is 30.3 Å². The molecule has 2 aromatic carbocycles. The van der Waals surface area contributed by atoms with Crippen LogP contribution in [0.15, 0.2) is 65.5 Å². The van der Waals surface area contributed by atoms with Crippen molar-refractivity contribution in [2.75, 3.05) is 40.4 Å². The third-order valence-corrected chi connectivity index (χ3v) is 5.81. The molecule has 1 amide bonds. The van der Waals surface area contributed by atoms with E-state index >= 15 is 0 Å². The van der Waals surface area contributed by atoms with Gasteiger partial charge in [0.25, 0.3) is 5.56 Å². The predicted octanol–water partition coefficient (Wildman–Crippen LogP) is 2.27. The highest BCUT2D eigenvalue weighted by Gasteiger charge is 2.22. The smallest absolute Gasteiger partial charge is 0.267 e. The highest BCUT2D eigenvalue weighted by Crippen LogP contribution is 2.31. The lowest BCUT2D eigenvalue weighted by Gasteiger charge is -2.34. The third-order valence-electron chi connectivity index (χ3n) is 5.81. The topological polar surface area (TPSA) is 76.9 Å². The fourth-order valence-electron chi connectivity index (χ4n) is 3.95. The quantitative estimate of drug-likeness (QED) is 0.552. The normalized spacial score (nSPS) is 14.2. The van der Waals surface area contributed by atoms with Crippen molar-refractivity contribution in [3.05, 3.63) is 76.6 Å². The van der Waals surface area contributed by atoms with E-state index in [0.717, 1.165) is 19.6 Å². The number of nitrogens with zero attached hydrogens (tertiary/aromatic N) is 4. The Morgan fingerprint density at radius 1 is 0.939 bits per heavy atom. The molecule has 1 aromatic heterocycles. The van der Waals surface area contributed by atoms with Gasteiger partial charge >= 0.3 is 0 Å². The van der Waals surface area contributed by atoms with E-state index in [9.17, 15) is 9.59 Å². The average molecular weight is 449 g/mol. The molecule has 0 saturated carbocycles. The molecule has 1 aliphatic heterocycles. The number of amides is 1. The summed E-state index contributed by atoms with van der Waals surface area (Å²) in [6.07, 6.45) is 0. The maximum atomic E-state index is 12.9. The van der Waals surface area contributed by atoms with Crippen LogP contribution in [0.25, 0.3) is 11.3 Å². The van der Waals surface area contributed by atoms with Gasteiger partial charge in [-0.3, -0.25) is 14.5 Å². The fourth-order valence-corrected chi connectivity index (χ4v) is 3.95. The summed E-state index contributed by atoms with van der Waals surface area (Å²) in [5, 5.41) is 4.44. The molecule has 3 aromatic rings. The van der Waals surface area contributed by atoms with Gasteiger partial charge in [-0.15, -0.1) is 0 Å². The van der Waals surface area contributed by atoms with E-state index in [1.165, 1.54) is 16.3 Å². The number of hydrogen-bond acceptors (Lipinski definition) is 6. The molecule has 1 fully saturated rings. The summed E-state index contributed by atoms with van der Waals surface area (Å²) < 4.78 is 12.0. The Bertz CT molecular complexity index is 1150. The molecule has 33 heavy (non-hydrogen) atoms.